The third-order valence-electron chi connectivity index (χ3n) is 3.36. The summed E-state index contributed by atoms with van der Waals surface area (Å²) in [5.41, 5.74) is 8.89. The Kier molecular flexibility index (Phi) is 3.71. The lowest BCUT2D eigenvalue weighted by Crippen LogP contribution is -1.95. The highest BCUT2D eigenvalue weighted by Gasteiger charge is 2.19. The number of nitriles is 1. The maximum atomic E-state index is 9.24. The first-order chi connectivity index (χ1) is 9.49. The number of methoxy groups -OCH3 is 1. The molecule has 0 aliphatic rings. The fraction of sp³-hybridized carbons (Fsp3) is 0.312. The van der Waals surface area contributed by atoms with E-state index in [1.165, 1.54) is 0 Å². The number of rotatable bonds is 3. The lowest BCUT2D eigenvalue weighted by Gasteiger charge is -2.13. The van der Waals surface area contributed by atoms with E-state index < -0.39 is 0 Å². The molecule has 2 N–H and O–H groups in total. The molecule has 0 bridgehead atoms. The van der Waals surface area contributed by atoms with Gasteiger partial charge in [-0.2, -0.15) is 5.26 Å². The monoisotopic (exact) mass is 270 g/mol. The second kappa shape index (κ2) is 5.30. The maximum absolute atomic E-state index is 9.24. The zero-order valence-electron chi connectivity index (χ0n) is 12.2. The summed E-state index contributed by atoms with van der Waals surface area (Å²) < 4.78 is 10.7. The van der Waals surface area contributed by atoms with Crippen LogP contribution >= 0.6 is 0 Å². The molecule has 20 heavy (non-hydrogen) atoms. The van der Waals surface area contributed by atoms with Crippen molar-refractivity contribution in [3.63, 3.8) is 0 Å². The van der Waals surface area contributed by atoms with Crippen LogP contribution in [-0.4, -0.2) is 7.11 Å². The van der Waals surface area contributed by atoms with Gasteiger partial charge in [-0.25, -0.2) is 0 Å². The van der Waals surface area contributed by atoms with Crippen molar-refractivity contribution >= 4 is 5.88 Å². The highest BCUT2D eigenvalue weighted by atomic mass is 16.5. The van der Waals surface area contributed by atoms with Crippen molar-refractivity contribution < 1.29 is 9.15 Å². The Morgan fingerprint density at radius 1 is 1.35 bits per heavy atom. The fourth-order valence-corrected chi connectivity index (χ4v) is 2.37. The molecule has 0 aliphatic heterocycles. The van der Waals surface area contributed by atoms with Gasteiger partial charge in [-0.15, -0.1) is 0 Å². The molecule has 104 valence electrons. The first kappa shape index (κ1) is 14.0. The lowest BCUT2D eigenvalue weighted by molar-refractivity contribution is 0.407. The summed E-state index contributed by atoms with van der Waals surface area (Å²) in [7, 11) is 1.66. The van der Waals surface area contributed by atoms with Crippen molar-refractivity contribution in [1.82, 2.24) is 0 Å². The zero-order chi connectivity index (χ0) is 14.9. The predicted molar refractivity (Wildman–Crippen MR) is 78.6 cm³/mol. The standard InChI is InChI=1S/C16H18N2O2/c1-9(2)12-7-11(5-6-14(12)19-4)15-10(3)20-16(18)13(15)8-17/h5-7,9H,18H2,1-4H3. The van der Waals surface area contributed by atoms with Crippen molar-refractivity contribution in [2.24, 2.45) is 0 Å². The van der Waals surface area contributed by atoms with Crippen LogP contribution in [-0.2, 0) is 0 Å². The molecule has 1 aromatic heterocycles. The van der Waals surface area contributed by atoms with Gasteiger partial charge in [0.2, 0.25) is 5.88 Å². The van der Waals surface area contributed by atoms with E-state index in [1.807, 2.05) is 25.1 Å². The molecule has 0 saturated carbocycles. The van der Waals surface area contributed by atoms with Gasteiger partial charge in [0.05, 0.1) is 7.11 Å². The van der Waals surface area contributed by atoms with E-state index in [4.69, 9.17) is 14.9 Å². The minimum atomic E-state index is 0.168. The number of hydrogen-bond acceptors (Lipinski definition) is 4. The molecule has 2 aromatic rings. The molecule has 0 aliphatic carbocycles. The van der Waals surface area contributed by atoms with Crippen molar-refractivity contribution in [2.75, 3.05) is 12.8 Å². The Balaban J connectivity index is 2.66. The van der Waals surface area contributed by atoms with Gasteiger partial charge in [0.15, 0.2) is 0 Å². The fourth-order valence-electron chi connectivity index (χ4n) is 2.37. The lowest BCUT2D eigenvalue weighted by atomic mass is 9.95. The molecule has 0 fully saturated rings. The molecule has 2 rings (SSSR count). The van der Waals surface area contributed by atoms with Crippen LogP contribution in [0.25, 0.3) is 11.1 Å². The van der Waals surface area contributed by atoms with Gasteiger partial charge in [-0.1, -0.05) is 19.9 Å². The van der Waals surface area contributed by atoms with Crippen LogP contribution in [0.3, 0.4) is 0 Å². The SMILES string of the molecule is COc1ccc(-c2c(C)oc(N)c2C#N)cc1C(C)C. The van der Waals surface area contributed by atoms with Crippen LogP contribution in [0.15, 0.2) is 22.6 Å². The summed E-state index contributed by atoms with van der Waals surface area (Å²) in [6.45, 7) is 6.01. The first-order valence-electron chi connectivity index (χ1n) is 6.46. The maximum Gasteiger partial charge on any atom is 0.209 e. The molecule has 4 heteroatoms. The van der Waals surface area contributed by atoms with Gasteiger partial charge < -0.3 is 14.9 Å². The van der Waals surface area contributed by atoms with Gasteiger partial charge in [0, 0.05) is 5.56 Å². The van der Waals surface area contributed by atoms with Crippen LogP contribution in [0, 0.1) is 18.3 Å². The average Bonchev–Trinajstić information content (AvgIpc) is 2.71. The largest absolute Gasteiger partial charge is 0.496 e. The van der Waals surface area contributed by atoms with E-state index in [0.29, 0.717) is 17.2 Å². The molecule has 0 atom stereocenters. The van der Waals surface area contributed by atoms with Crippen LogP contribution in [0.5, 0.6) is 5.75 Å². The highest BCUT2D eigenvalue weighted by Crippen LogP contribution is 2.37. The van der Waals surface area contributed by atoms with Gasteiger partial charge in [-0.3, -0.25) is 0 Å². The van der Waals surface area contributed by atoms with Crippen LogP contribution in [0.1, 0.15) is 36.7 Å². The number of hydrogen-bond donors (Lipinski definition) is 1. The summed E-state index contributed by atoms with van der Waals surface area (Å²) >= 11 is 0. The van der Waals surface area contributed by atoms with Crippen molar-refractivity contribution in [2.45, 2.75) is 26.7 Å². The van der Waals surface area contributed by atoms with Crippen molar-refractivity contribution in [1.29, 1.82) is 5.26 Å². The zero-order valence-corrected chi connectivity index (χ0v) is 12.2. The molecule has 0 radical (unpaired) electrons. The van der Waals surface area contributed by atoms with Gasteiger partial charge in [-0.05, 0) is 36.1 Å². The van der Waals surface area contributed by atoms with Crippen LogP contribution < -0.4 is 10.5 Å². The molecule has 4 nitrogen and oxygen atoms in total. The Labute approximate surface area is 118 Å². The Morgan fingerprint density at radius 3 is 2.60 bits per heavy atom. The number of nitrogen functional groups attached to an aromatic ring is 1. The molecule has 0 saturated heterocycles. The second-order valence-electron chi connectivity index (χ2n) is 5.00. The highest BCUT2D eigenvalue weighted by molar-refractivity contribution is 5.78. The summed E-state index contributed by atoms with van der Waals surface area (Å²) in [5, 5.41) is 9.24. The third kappa shape index (κ3) is 2.23. The van der Waals surface area contributed by atoms with E-state index in [9.17, 15) is 5.26 Å². The molecular formula is C16H18N2O2. The average molecular weight is 270 g/mol. The number of furan rings is 1. The first-order valence-corrected chi connectivity index (χ1v) is 6.46. The summed E-state index contributed by atoms with van der Waals surface area (Å²) in [4.78, 5) is 0. The normalized spacial score (nSPS) is 10.6. The van der Waals surface area contributed by atoms with Crippen molar-refractivity contribution in [3.05, 3.63) is 35.1 Å². The number of anilines is 1. The molecule has 0 spiro atoms. The van der Waals surface area contributed by atoms with Gasteiger partial charge in [0.1, 0.15) is 23.1 Å². The third-order valence-corrected chi connectivity index (χ3v) is 3.36. The topological polar surface area (TPSA) is 72.2 Å². The van der Waals surface area contributed by atoms with Crippen LogP contribution in [0.4, 0.5) is 5.88 Å². The summed E-state index contributed by atoms with van der Waals surface area (Å²) in [5.74, 6) is 1.98. The molecule has 0 amide bonds. The molecule has 1 heterocycles. The molecular weight excluding hydrogens is 252 g/mol. The van der Waals surface area contributed by atoms with Crippen molar-refractivity contribution in [3.8, 4) is 22.9 Å². The van der Waals surface area contributed by atoms with Gasteiger partial charge >= 0.3 is 0 Å². The second-order valence-corrected chi connectivity index (χ2v) is 5.00. The molecule has 0 unspecified atom stereocenters. The molecule has 1 aromatic carbocycles. The Bertz CT molecular complexity index is 679. The van der Waals surface area contributed by atoms with Gasteiger partial charge in [0.25, 0.3) is 0 Å². The summed E-state index contributed by atoms with van der Waals surface area (Å²) in [6, 6.07) is 7.97. The van der Waals surface area contributed by atoms with Crippen LogP contribution in [0.2, 0.25) is 0 Å². The quantitative estimate of drug-likeness (QED) is 0.919. The predicted octanol–water partition coefficient (Wildman–Crippen LogP) is 3.84. The minimum Gasteiger partial charge on any atom is -0.496 e. The number of nitrogens with zero attached hydrogens (tertiary/aromatic N) is 1. The van der Waals surface area contributed by atoms with E-state index in [-0.39, 0.29) is 5.88 Å². The van der Waals surface area contributed by atoms with E-state index in [2.05, 4.69) is 19.9 Å². The number of aryl methyl sites for hydroxylation is 1. The number of benzene rings is 1. The number of nitrogens with two attached hydrogens (primary N) is 1. The van der Waals surface area contributed by atoms with E-state index in [0.717, 1.165) is 22.4 Å². The summed E-state index contributed by atoms with van der Waals surface area (Å²) in [6.07, 6.45) is 0. The Morgan fingerprint density at radius 2 is 2.05 bits per heavy atom. The number of ether oxygens (including phenoxy) is 1. The minimum absolute atomic E-state index is 0.168. The van der Waals surface area contributed by atoms with E-state index in [1.54, 1.807) is 7.11 Å². The van der Waals surface area contributed by atoms with E-state index >= 15 is 0 Å². The Hall–Kier alpha value is -2.41. The smallest absolute Gasteiger partial charge is 0.209 e.